The fourth-order valence-corrected chi connectivity index (χ4v) is 3.01. The molecule has 4 nitrogen and oxygen atoms in total. The molecule has 0 bridgehead atoms. The molecule has 0 saturated carbocycles. The SMILES string of the molecule is COc1ccccc1CN(C)CC1(CN)CCCOC1. The number of methoxy groups -OCH3 is 1. The molecular weight excluding hydrogens is 252 g/mol. The maximum Gasteiger partial charge on any atom is 0.123 e. The van der Waals surface area contributed by atoms with Crippen LogP contribution in [0.4, 0.5) is 0 Å². The van der Waals surface area contributed by atoms with Crippen molar-refractivity contribution < 1.29 is 9.47 Å². The van der Waals surface area contributed by atoms with E-state index in [1.165, 1.54) is 5.56 Å². The highest BCUT2D eigenvalue weighted by molar-refractivity contribution is 5.33. The fraction of sp³-hybridized carbons (Fsp3) is 0.625. The number of nitrogens with zero attached hydrogens (tertiary/aromatic N) is 1. The predicted octanol–water partition coefficient (Wildman–Crippen LogP) is 1.88. The van der Waals surface area contributed by atoms with Crippen molar-refractivity contribution in [1.82, 2.24) is 4.90 Å². The van der Waals surface area contributed by atoms with Crippen LogP contribution in [0.25, 0.3) is 0 Å². The van der Waals surface area contributed by atoms with Gasteiger partial charge in [0.15, 0.2) is 0 Å². The maximum atomic E-state index is 6.00. The standard InChI is InChI=1S/C16H26N2O2/c1-18(10-14-6-3-4-7-15(14)19-2)12-16(11-17)8-5-9-20-13-16/h3-4,6-7H,5,8-13,17H2,1-2H3. The van der Waals surface area contributed by atoms with Crippen molar-refractivity contribution in [3.05, 3.63) is 29.8 Å². The van der Waals surface area contributed by atoms with Crippen molar-refractivity contribution in [2.45, 2.75) is 19.4 Å². The lowest BCUT2D eigenvalue weighted by atomic mass is 9.82. The number of para-hydroxylation sites is 1. The Bertz CT molecular complexity index is 417. The Hall–Kier alpha value is -1.10. The first-order valence-electron chi connectivity index (χ1n) is 7.27. The van der Waals surface area contributed by atoms with Gasteiger partial charge in [-0.2, -0.15) is 0 Å². The van der Waals surface area contributed by atoms with Gasteiger partial charge < -0.3 is 20.1 Å². The Kier molecular flexibility index (Phi) is 5.40. The molecule has 1 unspecified atom stereocenters. The van der Waals surface area contributed by atoms with Crippen LogP contribution in [-0.2, 0) is 11.3 Å². The predicted molar refractivity (Wildman–Crippen MR) is 80.9 cm³/mol. The lowest BCUT2D eigenvalue weighted by molar-refractivity contribution is -0.0193. The van der Waals surface area contributed by atoms with Gasteiger partial charge in [-0.05, 0) is 26.0 Å². The summed E-state index contributed by atoms with van der Waals surface area (Å²) in [5.41, 5.74) is 7.32. The highest BCUT2D eigenvalue weighted by atomic mass is 16.5. The third kappa shape index (κ3) is 3.72. The number of rotatable bonds is 6. The number of hydrogen-bond acceptors (Lipinski definition) is 4. The van der Waals surface area contributed by atoms with Gasteiger partial charge >= 0.3 is 0 Å². The Morgan fingerprint density at radius 1 is 1.40 bits per heavy atom. The average molecular weight is 278 g/mol. The molecule has 1 aromatic carbocycles. The average Bonchev–Trinajstić information content (AvgIpc) is 2.48. The molecule has 112 valence electrons. The summed E-state index contributed by atoms with van der Waals surface area (Å²) in [7, 11) is 3.85. The second-order valence-corrected chi connectivity index (χ2v) is 5.84. The second-order valence-electron chi connectivity index (χ2n) is 5.84. The quantitative estimate of drug-likeness (QED) is 0.863. The van der Waals surface area contributed by atoms with E-state index in [4.69, 9.17) is 15.2 Å². The summed E-state index contributed by atoms with van der Waals surface area (Å²) < 4.78 is 11.1. The minimum absolute atomic E-state index is 0.106. The Labute approximate surface area is 121 Å². The van der Waals surface area contributed by atoms with Gasteiger partial charge in [0.2, 0.25) is 0 Å². The molecule has 0 aromatic heterocycles. The minimum Gasteiger partial charge on any atom is -0.496 e. The van der Waals surface area contributed by atoms with Gasteiger partial charge in [0, 0.05) is 37.2 Å². The minimum atomic E-state index is 0.106. The molecule has 1 aliphatic rings. The third-order valence-corrected chi connectivity index (χ3v) is 4.08. The van der Waals surface area contributed by atoms with Crippen LogP contribution in [0.2, 0.25) is 0 Å². The molecule has 1 saturated heterocycles. The molecule has 1 heterocycles. The van der Waals surface area contributed by atoms with E-state index in [0.29, 0.717) is 6.54 Å². The number of hydrogen-bond donors (Lipinski definition) is 1. The first-order valence-corrected chi connectivity index (χ1v) is 7.27. The van der Waals surface area contributed by atoms with Crippen molar-refractivity contribution in [3.8, 4) is 5.75 Å². The van der Waals surface area contributed by atoms with Crippen LogP contribution in [0.3, 0.4) is 0 Å². The number of benzene rings is 1. The van der Waals surface area contributed by atoms with Crippen LogP contribution < -0.4 is 10.5 Å². The smallest absolute Gasteiger partial charge is 0.123 e. The lowest BCUT2D eigenvalue weighted by Crippen LogP contribution is -2.46. The summed E-state index contributed by atoms with van der Waals surface area (Å²) in [5.74, 6) is 0.945. The topological polar surface area (TPSA) is 47.7 Å². The summed E-state index contributed by atoms with van der Waals surface area (Å²) >= 11 is 0. The first kappa shape index (κ1) is 15.3. The normalized spacial score (nSPS) is 23.0. The Morgan fingerprint density at radius 2 is 2.20 bits per heavy atom. The molecular formula is C16H26N2O2. The fourth-order valence-electron chi connectivity index (χ4n) is 3.01. The van der Waals surface area contributed by atoms with Crippen molar-refractivity contribution >= 4 is 0 Å². The zero-order chi connectivity index (χ0) is 14.4. The molecule has 0 amide bonds. The van der Waals surface area contributed by atoms with E-state index in [1.807, 2.05) is 18.2 Å². The van der Waals surface area contributed by atoms with E-state index >= 15 is 0 Å². The van der Waals surface area contributed by atoms with Gasteiger partial charge in [-0.1, -0.05) is 18.2 Å². The van der Waals surface area contributed by atoms with Crippen LogP contribution in [-0.4, -0.2) is 45.4 Å². The van der Waals surface area contributed by atoms with E-state index in [1.54, 1.807) is 7.11 Å². The maximum absolute atomic E-state index is 6.00. The molecule has 1 aromatic rings. The van der Waals surface area contributed by atoms with Gasteiger partial charge in [-0.3, -0.25) is 0 Å². The van der Waals surface area contributed by atoms with E-state index in [-0.39, 0.29) is 5.41 Å². The molecule has 1 aliphatic heterocycles. The van der Waals surface area contributed by atoms with Gasteiger partial charge in [-0.15, -0.1) is 0 Å². The summed E-state index contributed by atoms with van der Waals surface area (Å²) in [5, 5.41) is 0. The molecule has 0 radical (unpaired) electrons. The zero-order valence-corrected chi connectivity index (χ0v) is 12.6. The molecule has 20 heavy (non-hydrogen) atoms. The van der Waals surface area contributed by atoms with Crippen LogP contribution in [0.1, 0.15) is 18.4 Å². The summed E-state index contributed by atoms with van der Waals surface area (Å²) in [6.45, 7) is 4.16. The number of ether oxygens (including phenoxy) is 2. The Morgan fingerprint density at radius 3 is 2.85 bits per heavy atom. The van der Waals surface area contributed by atoms with Gasteiger partial charge in [0.25, 0.3) is 0 Å². The third-order valence-electron chi connectivity index (χ3n) is 4.08. The summed E-state index contributed by atoms with van der Waals surface area (Å²) in [6.07, 6.45) is 2.26. The number of nitrogens with two attached hydrogens (primary N) is 1. The Balaban J connectivity index is 1.99. The van der Waals surface area contributed by atoms with Crippen LogP contribution in [0.5, 0.6) is 5.75 Å². The zero-order valence-electron chi connectivity index (χ0n) is 12.6. The van der Waals surface area contributed by atoms with Crippen LogP contribution in [0.15, 0.2) is 24.3 Å². The second kappa shape index (κ2) is 7.07. The lowest BCUT2D eigenvalue weighted by Gasteiger charge is -2.39. The molecule has 0 aliphatic carbocycles. The first-order chi connectivity index (χ1) is 9.69. The molecule has 4 heteroatoms. The van der Waals surface area contributed by atoms with Crippen molar-refractivity contribution in [2.75, 3.05) is 40.5 Å². The van der Waals surface area contributed by atoms with E-state index in [9.17, 15) is 0 Å². The van der Waals surface area contributed by atoms with Gasteiger partial charge in [0.1, 0.15) is 5.75 Å². The van der Waals surface area contributed by atoms with Crippen molar-refractivity contribution in [2.24, 2.45) is 11.1 Å². The molecule has 1 atom stereocenters. The van der Waals surface area contributed by atoms with E-state index in [0.717, 1.165) is 44.9 Å². The highest BCUT2D eigenvalue weighted by Crippen LogP contribution is 2.29. The molecule has 1 fully saturated rings. The van der Waals surface area contributed by atoms with Crippen molar-refractivity contribution in [1.29, 1.82) is 0 Å². The highest BCUT2D eigenvalue weighted by Gasteiger charge is 2.32. The summed E-state index contributed by atoms with van der Waals surface area (Å²) in [4.78, 5) is 2.32. The molecule has 2 N–H and O–H groups in total. The molecule has 2 rings (SSSR count). The monoisotopic (exact) mass is 278 g/mol. The van der Waals surface area contributed by atoms with Gasteiger partial charge in [-0.25, -0.2) is 0 Å². The van der Waals surface area contributed by atoms with Crippen LogP contribution >= 0.6 is 0 Å². The van der Waals surface area contributed by atoms with Crippen molar-refractivity contribution in [3.63, 3.8) is 0 Å². The summed E-state index contributed by atoms with van der Waals surface area (Å²) in [6, 6.07) is 8.17. The van der Waals surface area contributed by atoms with Crippen LogP contribution in [0, 0.1) is 5.41 Å². The molecule has 0 spiro atoms. The van der Waals surface area contributed by atoms with E-state index in [2.05, 4.69) is 18.0 Å². The van der Waals surface area contributed by atoms with Gasteiger partial charge in [0.05, 0.1) is 13.7 Å². The largest absolute Gasteiger partial charge is 0.496 e. The van der Waals surface area contributed by atoms with E-state index < -0.39 is 0 Å².